The maximum Gasteiger partial charge on any atom is 0.306 e. The zero-order valence-electron chi connectivity index (χ0n) is 10.2. The zero-order valence-corrected chi connectivity index (χ0v) is 10.2. The van der Waals surface area contributed by atoms with Gasteiger partial charge in [0.25, 0.3) is 0 Å². The molecule has 0 bridgehead atoms. The molecule has 0 spiro atoms. The van der Waals surface area contributed by atoms with Gasteiger partial charge in [0.2, 0.25) is 0 Å². The summed E-state index contributed by atoms with van der Waals surface area (Å²) in [6.45, 7) is 6.59. The molecule has 4 nitrogen and oxygen atoms in total. The van der Waals surface area contributed by atoms with Crippen LogP contribution < -0.4 is 0 Å². The lowest BCUT2D eigenvalue weighted by molar-refractivity contribution is -0.143. The second kappa shape index (κ2) is 6.01. The molecule has 0 aromatic heterocycles. The fourth-order valence-electron chi connectivity index (χ4n) is 1.49. The second-order valence-electron chi connectivity index (χ2n) is 4.14. The molecule has 0 aromatic carbocycles. The minimum absolute atomic E-state index is 0.00260. The van der Waals surface area contributed by atoms with Crippen molar-refractivity contribution in [3.05, 3.63) is 12.2 Å². The van der Waals surface area contributed by atoms with Crippen LogP contribution in [-0.2, 0) is 19.0 Å². The van der Waals surface area contributed by atoms with Gasteiger partial charge in [-0.25, -0.2) is 0 Å². The van der Waals surface area contributed by atoms with E-state index in [9.17, 15) is 4.79 Å². The number of carbonyl (C=O) groups excluding carboxylic acids is 1. The molecule has 16 heavy (non-hydrogen) atoms. The monoisotopic (exact) mass is 228 g/mol. The van der Waals surface area contributed by atoms with Gasteiger partial charge in [-0.05, 0) is 27.2 Å². The summed E-state index contributed by atoms with van der Waals surface area (Å²) in [7, 11) is 0. The summed E-state index contributed by atoms with van der Waals surface area (Å²) >= 11 is 0. The fraction of sp³-hybridized carbons (Fsp3) is 0.750. The van der Waals surface area contributed by atoms with E-state index in [1.165, 1.54) is 0 Å². The standard InChI is InChI=1S/C12H20O4/c1-4-14-11(13)8-6-5-7-10-9-15-12(2,3)16-10/h5,7,10H,4,6,8-9H2,1-3H3/b7-5+/t10-/m1/s1. The van der Waals surface area contributed by atoms with Gasteiger partial charge in [0.1, 0.15) is 6.10 Å². The highest BCUT2D eigenvalue weighted by Crippen LogP contribution is 2.22. The van der Waals surface area contributed by atoms with Crippen LogP contribution in [0.15, 0.2) is 12.2 Å². The summed E-state index contributed by atoms with van der Waals surface area (Å²) in [5, 5.41) is 0. The van der Waals surface area contributed by atoms with Crippen molar-refractivity contribution in [3.8, 4) is 0 Å². The Balaban J connectivity index is 2.16. The normalized spacial score (nSPS) is 23.8. The van der Waals surface area contributed by atoms with Gasteiger partial charge in [0.05, 0.1) is 13.2 Å². The smallest absolute Gasteiger partial charge is 0.306 e. The van der Waals surface area contributed by atoms with Crippen LogP contribution in [0.1, 0.15) is 33.6 Å². The molecule has 0 N–H and O–H groups in total. The zero-order chi connectivity index (χ0) is 12.0. The first-order valence-corrected chi connectivity index (χ1v) is 5.67. The Hall–Kier alpha value is -0.870. The van der Waals surface area contributed by atoms with Crippen molar-refractivity contribution >= 4 is 5.97 Å². The summed E-state index contributed by atoms with van der Waals surface area (Å²) in [6, 6.07) is 0. The Morgan fingerprint density at radius 3 is 2.88 bits per heavy atom. The van der Waals surface area contributed by atoms with Crippen LogP contribution in [0.5, 0.6) is 0 Å². The summed E-state index contributed by atoms with van der Waals surface area (Å²) < 4.78 is 15.8. The summed E-state index contributed by atoms with van der Waals surface area (Å²) in [5.41, 5.74) is 0. The van der Waals surface area contributed by atoms with Crippen molar-refractivity contribution in [1.29, 1.82) is 0 Å². The molecule has 4 heteroatoms. The molecule has 1 saturated heterocycles. The van der Waals surface area contributed by atoms with Crippen LogP contribution in [0.4, 0.5) is 0 Å². The third-order valence-electron chi connectivity index (χ3n) is 2.20. The van der Waals surface area contributed by atoms with Crippen LogP contribution >= 0.6 is 0 Å². The first kappa shape index (κ1) is 13.2. The molecule has 0 aliphatic carbocycles. The molecule has 0 unspecified atom stereocenters. The van der Waals surface area contributed by atoms with Gasteiger partial charge in [-0.3, -0.25) is 4.79 Å². The largest absolute Gasteiger partial charge is 0.466 e. The Labute approximate surface area is 96.6 Å². The van der Waals surface area contributed by atoms with E-state index in [1.54, 1.807) is 6.92 Å². The minimum Gasteiger partial charge on any atom is -0.466 e. The van der Waals surface area contributed by atoms with Crippen molar-refractivity contribution in [1.82, 2.24) is 0 Å². The number of hydrogen-bond acceptors (Lipinski definition) is 4. The van der Waals surface area contributed by atoms with Crippen molar-refractivity contribution in [2.75, 3.05) is 13.2 Å². The van der Waals surface area contributed by atoms with Crippen LogP contribution in [0.2, 0.25) is 0 Å². The maximum absolute atomic E-state index is 11.0. The van der Waals surface area contributed by atoms with E-state index in [0.29, 0.717) is 26.1 Å². The number of ether oxygens (including phenoxy) is 3. The third kappa shape index (κ3) is 4.77. The molecule has 0 radical (unpaired) electrons. The molecular formula is C12H20O4. The number of allylic oxidation sites excluding steroid dienone is 1. The molecule has 1 rings (SSSR count). The van der Waals surface area contributed by atoms with E-state index in [1.807, 2.05) is 26.0 Å². The van der Waals surface area contributed by atoms with Gasteiger partial charge in [-0.15, -0.1) is 0 Å². The van der Waals surface area contributed by atoms with Crippen molar-refractivity contribution in [3.63, 3.8) is 0 Å². The van der Waals surface area contributed by atoms with Crippen molar-refractivity contribution in [2.24, 2.45) is 0 Å². The highest BCUT2D eigenvalue weighted by atomic mass is 16.7. The Morgan fingerprint density at radius 2 is 2.31 bits per heavy atom. The maximum atomic E-state index is 11.0. The average Bonchev–Trinajstić information content (AvgIpc) is 2.54. The molecule has 0 aromatic rings. The van der Waals surface area contributed by atoms with Crippen molar-refractivity contribution < 1.29 is 19.0 Å². The number of hydrogen-bond donors (Lipinski definition) is 0. The average molecular weight is 228 g/mol. The lowest BCUT2D eigenvalue weighted by Crippen LogP contribution is -2.20. The van der Waals surface area contributed by atoms with E-state index < -0.39 is 5.79 Å². The lowest BCUT2D eigenvalue weighted by atomic mass is 10.2. The summed E-state index contributed by atoms with van der Waals surface area (Å²) in [5.74, 6) is -0.646. The van der Waals surface area contributed by atoms with E-state index in [4.69, 9.17) is 14.2 Å². The molecule has 1 aliphatic heterocycles. The highest BCUT2D eigenvalue weighted by Gasteiger charge is 2.30. The quantitative estimate of drug-likeness (QED) is 0.533. The molecule has 0 saturated carbocycles. The number of carbonyl (C=O) groups is 1. The van der Waals surface area contributed by atoms with E-state index in [2.05, 4.69) is 0 Å². The van der Waals surface area contributed by atoms with Gasteiger partial charge >= 0.3 is 5.97 Å². The van der Waals surface area contributed by atoms with E-state index >= 15 is 0 Å². The highest BCUT2D eigenvalue weighted by molar-refractivity contribution is 5.69. The van der Waals surface area contributed by atoms with Crippen LogP contribution in [0, 0.1) is 0 Å². The van der Waals surface area contributed by atoms with Gasteiger partial charge < -0.3 is 14.2 Å². The van der Waals surface area contributed by atoms with Gasteiger partial charge in [-0.2, -0.15) is 0 Å². The lowest BCUT2D eigenvalue weighted by Gasteiger charge is -2.15. The topological polar surface area (TPSA) is 44.8 Å². The van der Waals surface area contributed by atoms with Crippen molar-refractivity contribution in [2.45, 2.75) is 45.5 Å². The van der Waals surface area contributed by atoms with Gasteiger partial charge in [0.15, 0.2) is 5.79 Å². The number of rotatable bonds is 5. The molecule has 92 valence electrons. The first-order chi connectivity index (χ1) is 7.53. The van der Waals surface area contributed by atoms with Gasteiger partial charge in [0, 0.05) is 6.42 Å². The fourth-order valence-corrected chi connectivity index (χ4v) is 1.49. The van der Waals surface area contributed by atoms with Crippen LogP contribution in [0.3, 0.4) is 0 Å². The van der Waals surface area contributed by atoms with Gasteiger partial charge in [-0.1, -0.05) is 12.2 Å². The molecule has 1 aliphatic rings. The summed E-state index contributed by atoms with van der Waals surface area (Å²) in [6.07, 6.45) is 4.97. The Bertz CT molecular complexity index is 258. The molecule has 0 amide bonds. The van der Waals surface area contributed by atoms with E-state index in [0.717, 1.165) is 0 Å². The van der Waals surface area contributed by atoms with Crippen LogP contribution in [0.25, 0.3) is 0 Å². The SMILES string of the molecule is CCOC(=O)CC/C=C/[C@@H]1COC(C)(C)O1. The Kier molecular flexibility index (Phi) is 4.96. The summed E-state index contributed by atoms with van der Waals surface area (Å²) in [4.78, 5) is 11.0. The van der Waals surface area contributed by atoms with Crippen LogP contribution in [-0.4, -0.2) is 31.1 Å². The van der Waals surface area contributed by atoms with E-state index in [-0.39, 0.29) is 12.1 Å². The predicted octanol–water partition coefficient (Wildman–Crippen LogP) is 2.04. The molecular weight excluding hydrogens is 208 g/mol. The second-order valence-corrected chi connectivity index (χ2v) is 4.14. The number of esters is 1. The molecule has 1 atom stereocenters. The Morgan fingerprint density at radius 1 is 1.56 bits per heavy atom. The minimum atomic E-state index is -0.490. The third-order valence-corrected chi connectivity index (χ3v) is 2.20. The molecule has 1 heterocycles. The molecule has 1 fully saturated rings. The predicted molar refractivity (Wildman–Crippen MR) is 59.9 cm³/mol. The first-order valence-electron chi connectivity index (χ1n) is 5.67.